The zero-order valence-corrected chi connectivity index (χ0v) is 10.4. The molecule has 5 nitrogen and oxygen atoms in total. The van der Waals surface area contributed by atoms with Crippen molar-refractivity contribution >= 4 is 35.2 Å². The molecule has 7 heteroatoms. The van der Waals surface area contributed by atoms with Crippen molar-refractivity contribution in [2.24, 2.45) is 0 Å². The highest BCUT2D eigenvalue weighted by molar-refractivity contribution is 7.99. The largest absolute Gasteiger partial charge is 0.481 e. The van der Waals surface area contributed by atoms with Crippen molar-refractivity contribution in [2.45, 2.75) is 0 Å². The van der Waals surface area contributed by atoms with Gasteiger partial charge in [-0.15, -0.1) is 11.8 Å². The Kier molecular flexibility index (Phi) is 5.79. The van der Waals surface area contributed by atoms with Gasteiger partial charge in [-0.25, -0.2) is 4.98 Å². The van der Waals surface area contributed by atoms with Gasteiger partial charge in [-0.3, -0.25) is 9.59 Å². The molecule has 1 aromatic heterocycles. The molecule has 0 bridgehead atoms. The van der Waals surface area contributed by atoms with Crippen LogP contribution in [-0.4, -0.2) is 40.0 Å². The van der Waals surface area contributed by atoms with E-state index in [2.05, 4.69) is 10.3 Å². The Hall–Kier alpha value is -1.27. The maximum Gasteiger partial charge on any atom is 0.313 e. The van der Waals surface area contributed by atoms with Gasteiger partial charge in [-0.1, -0.05) is 11.6 Å². The summed E-state index contributed by atoms with van der Waals surface area (Å²) in [6.07, 6.45) is 1.45. The second-order valence-corrected chi connectivity index (χ2v) is 4.56. The van der Waals surface area contributed by atoms with E-state index in [0.29, 0.717) is 17.9 Å². The number of hydrogen-bond acceptors (Lipinski definition) is 4. The summed E-state index contributed by atoms with van der Waals surface area (Å²) in [6, 6.07) is 3.03. The molecule has 1 amide bonds. The number of aromatic nitrogens is 1. The van der Waals surface area contributed by atoms with E-state index in [1.807, 2.05) is 0 Å². The fourth-order valence-corrected chi connectivity index (χ4v) is 1.78. The van der Waals surface area contributed by atoms with Gasteiger partial charge < -0.3 is 10.4 Å². The lowest BCUT2D eigenvalue weighted by Crippen LogP contribution is -2.26. The average Bonchev–Trinajstić information content (AvgIpc) is 2.28. The molecule has 1 rings (SSSR count). The molecule has 17 heavy (non-hydrogen) atoms. The lowest BCUT2D eigenvalue weighted by molar-refractivity contribution is -0.133. The summed E-state index contributed by atoms with van der Waals surface area (Å²) in [7, 11) is 0. The third-order valence-electron chi connectivity index (χ3n) is 1.75. The van der Waals surface area contributed by atoms with Gasteiger partial charge in [0.15, 0.2) is 0 Å². The first-order valence-electron chi connectivity index (χ1n) is 4.79. The van der Waals surface area contributed by atoms with E-state index in [1.165, 1.54) is 24.0 Å². The molecule has 2 N–H and O–H groups in total. The van der Waals surface area contributed by atoms with E-state index in [0.717, 1.165) is 0 Å². The number of carbonyl (C=O) groups is 2. The topological polar surface area (TPSA) is 79.3 Å². The Morgan fingerprint density at radius 3 is 2.94 bits per heavy atom. The highest BCUT2D eigenvalue weighted by Crippen LogP contribution is 2.06. The first kappa shape index (κ1) is 13.8. The number of carbonyl (C=O) groups excluding carboxylic acids is 1. The van der Waals surface area contributed by atoms with Crippen LogP contribution in [0.2, 0.25) is 5.15 Å². The van der Waals surface area contributed by atoms with Crippen molar-refractivity contribution in [1.29, 1.82) is 0 Å². The first-order valence-corrected chi connectivity index (χ1v) is 6.32. The quantitative estimate of drug-likeness (QED) is 0.603. The Bertz CT molecular complexity index is 414. The third kappa shape index (κ3) is 5.55. The molecular weight excluding hydrogens is 264 g/mol. The average molecular weight is 275 g/mol. The van der Waals surface area contributed by atoms with Crippen LogP contribution in [0.3, 0.4) is 0 Å². The van der Waals surface area contributed by atoms with Gasteiger partial charge >= 0.3 is 5.97 Å². The van der Waals surface area contributed by atoms with Gasteiger partial charge in [0.25, 0.3) is 5.91 Å². The molecule has 0 atom stereocenters. The van der Waals surface area contributed by atoms with Crippen LogP contribution in [0.1, 0.15) is 10.4 Å². The van der Waals surface area contributed by atoms with Crippen LogP contribution in [0.4, 0.5) is 0 Å². The number of nitrogens with one attached hydrogen (secondary N) is 1. The van der Waals surface area contributed by atoms with Gasteiger partial charge in [-0.05, 0) is 12.1 Å². The van der Waals surface area contributed by atoms with Crippen LogP contribution in [-0.2, 0) is 4.79 Å². The van der Waals surface area contributed by atoms with Gasteiger partial charge in [0.05, 0.1) is 5.75 Å². The summed E-state index contributed by atoms with van der Waals surface area (Å²) in [5, 5.41) is 11.3. The molecule has 0 radical (unpaired) electrons. The van der Waals surface area contributed by atoms with E-state index >= 15 is 0 Å². The highest BCUT2D eigenvalue weighted by atomic mass is 35.5. The number of halogens is 1. The number of rotatable bonds is 6. The zero-order chi connectivity index (χ0) is 12.7. The zero-order valence-electron chi connectivity index (χ0n) is 8.85. The molecule has 0 spiro atoms. The van der Waals surface area contributed by atoms with Crippen LogP contribution >= 0.6 is 23.4 Å². The van der Waals surface area contributed by atoms with Crippen molar-refractivity contribution in [2.75, 3.05) is 18.1 Å². The Morgan fingerprint density at radius 2 is 2.29 bits per heavy atom. The molecule has 0 unspecified atom stereocenters. The van der Waals surface area contributed by atoms with Crippen LogP contribution in [0.25, 0.3) is 0 Å². The molecule has 0 saturated carbocycles. The van der Waals surface area contributed by atoms with Crippen molar-refractivity contribution in [3.05, 3.63) is 29.0 Å². The fraction of sp³-hybridized carbons (Fsp3) is 0.300. The highest BCUT2D eigenvalue weighted by Gasteiger charge is 2.05. The lowest BCUT2D eigenvalue weighted by atomic mass is 10.2. The molecule has 92 valence electrons. The van der Waals surface area contributed by atoms with Crippen LogP contribution in [0, 0.1) is 0 Å². The minimum absolute atomic E-state index is 0.0386. The number of thioether (sulfide) groups is 1. The molecule has 0 fully saturated rings. The normalized spacial score (nSPS) is 9.94. The van der Waals surface area contributed by atoms with Crippen LogP contribution < -0.4 is 5.32 Å². The summed E-state index contributed by atoms with van der Waals surface area (Å²) in [6.45, 7) is 0.413. The lowest BCUT2D eigenvalue weighted by Gasteiger charge is -2.04. The molecule has 0 aliphatic heterocycles. The fourth-order valence-electron chi connectivity index (χ4n) is 1.04. The number of aliphatic carboxylic acids is 1. The van der Waals surface area contributed by atoms with E-state index in [-0.39, 0.29) is 16.8 Å². The van der Waals surface area contributed by atoms with E-state index < -0.39 is 5.97 Å². The molecule has 0 aliphatic carbocycles. The van der Waals surface area contributed by atoms with Crippen molar-refractivity contribution in [3.8, 4) is 0 Å². The van der Waals surface area contributed by atoms with Crippen molar-refractivity contribution in [3.63, 3.8) is 0 Å². The van der Waals surface area contributed by atoms with Crippen LogP contribution in [0.5, 0.6) is 0 Å². The second-order valence-electron chi connectivity index (χ2n) is 3.07. The predicted molar refractivity (Wildman–Crippen MR) is 66.5 cm³/mol. The van der Waals surface area contributed by atoms with E-state index in [1.54, 1.807) is 6.07 Å². The molecule has 1 heterocycles. The Labute approximate surface area is 108 Å². The van der Waals surface area contributed by atoms with Gasteiger partial charge in [0.1, 0.15) is 5.15 Å². The SMILES string of the molecule is O=C(O)CSCCNC(=O)c1ccnc(Cl)c1. The summed E-state index contributed by atoms with van der Waals surface area (Å²) in [5.74, 6) is -0.513. The molecule has 0 aromatic carbocycles. The van der Waals surface area contributed by atoms with Gasteiger partial charge in [-0.2, -0.15) is 0 Å². The first-order chi connectivity index (χ1) is 8.09. The monoisotopic (exact) mass is 274 g/mol. The minimum atomic E-state index is -0.859. The second kappa shape index (κ2) is 7.13. The number of hydrogen-bond donors (Lipinski definition) is 2. The molecule has 1 aromatic rings. The van der Waals surface area contributed by atoms with E-state index in [9.17, 15) is 9.59 Å². The number of pyridine rings is 1. The van der Waals surface area contributed by atoms with Crippen molar-refractivity contribution in [1.82, 2.24) is 10.3 Å². The van der Waals surface area contributed by atoms with Gasteiger partial charge in [0, 0.05) is 24.1 Å². The standard InChI is InChI=1S/C10H11ClN2O3S/c11-8-5-7(1-2-12-8)10(16)13-3-4-17-6-9(14)15/h1-2,5H,3-4,6H2,(H,13,16)(H,14,15). The van der Waals surface area contributed by atoms with E-state index in [4.69, 9.17) is 16.7 Å². The summed E-state index contributed by atoms with van der Waals surface area (Å²) >= 11 is 6.90. The number of carboxylic acid groups (broad SMARTS) is 1. The summed E-state index contributed by atoms with van der Waals surface area (Å²) in [5.41, 5.74) is 0.438. The molecule has 0 aliphatic rings. The maximum absolute atomic E-state index is 11.6. The third-order valence-corrected chi connectivity index (χ3v) is 2.90. The smallest absolute Gasteiger partial charge is 0.313 e. The van der Waals surface area contributed by atoms with Crippen molar-refractivity contribution < 1.29 is 14.7 Å². The summed E-state index contributed by atoms with van der Waals surface area (Å²) < 4.78 is 0. The predicted octanol–water partition coefficient (Wildman–Crippen LogP) is 1.28. The Balaban J connectivity index is 2.28. The molecule has 0 saturated heterocycles. The number of carboxylic acids is 1. The number of nitrogens with zero attached hydrogens (tertiary/aromatic N) is 1. The summed E-state index contributed by atoms with van der Waals surface area (Å²) in [4.78, 5) is 25.6. The Morgan fingerprint density at radius 1 is 1.53 bits per heavy atom. The maximum atomic E-state index is 11.6. The minimum Gasteiger partial charge on any atom is -0.481 e. The molecular formula is C10H11ClN2O3S. The van der Waals surface area contributed by atoms with Gasteiger partial charge in [0.2, 0.25) is 0 Å². The van der Waals surface area contributed by atoms with Crippen LogP contribution in [0.15, 0.2) is 18.3 Å². The number of amides is 1.